The first-order valence-corrected chi connectivity index (χ1v) is 9.78. The lowest BCUT2D eigenvalue weighted by atomic mass is 9.95. The highest BCUT2D eigenvalue weighted by Crippen LogP contribution is 2.31. The van der Waals surface area contributed by atoms with Crippen molar-refractivity contribution in [2.24, 2.45) is 5.10 Å². The van der Waals surface area contributed by atoms with Crippen LogP contribution in [0.5, 0.6) is 11.5 Å². The minimum Gasteiger partial charge on any atom is -0.497 e. The minimum absolute atomic E-state index is 0.311. The van der Waals surface area contributed by atoms with Crippen molar-refractivity contribution in [2.45, 2.75) is 52.0 Å². The molecule has 1 N–H and O–H groups in total. The molecule has 1 aromatic carbocycles. The van der Waals surface area contributed by atoms with Crippen LogP contribution in [0.15, 0.2) is 29.4 Å². The second-order valence-corrected chi connectivity index (χ2v) is 7.29. The van der Waals surface area contributed by atoms with E-state index in [1.54, 1.807) is 38.6 Å². The molecule has 6 heteroatoms. The van der Waals surface area contributed by atoms with Crippen molar-refractivity contribution in [1.29, 1.82) is 0 Å². The molecule has 1 heterocycles. The van der Waals surface area contributed by atoms with Gasteiger partial charge in [-0.05, 0) is 44.9 Å². The molecule has 2 aromatic rings. The zero-order chi connectivity index (χ0) is 20.1. The highest BCUT2D eigenvalue weighted by atomic mass is 16.5. The van der Waals surface area contributed by atoms with E-state index in [-0.39, 0.29) is 5.91 Å². The Morgan fingerprint density at radius 1 is 1.07 bits per heavy atom. The van der Waals surface area contributed by atoms with E-state index in [0.717, 1.165) is 5.56 Å². The standard InChI is InChI=1S/C22H29N3O3/c1-15-10-18(16(2)25(15)19-8-6-5-7-9-19)14-23-24-22(26)17-11-20(27-3)13-21(12-17)28-4/h10-14,19H,5-9H2,1-4H3,(H,24,26)/b23-14-. The first kappa shape index (κ1) is 20.0. The maximum absolute atomic E-state index is 12.4. The van der Waals surface area contributed by atoms with E-state index in [4.69, 9.17) is 9.47 Å². The Hall–Kier alpha value is -2.76. The van der Waals surface area contributed by atoms with Crippen LogP contribution < -0.4 is 14.9 Å². The lowest BCUT2D eigenvalue weighted by Gasteiger charge is -2.26. The van der Waals surface area contributed by atoms with Gasteiger partial charge in [-0.15, -0.1) is 0 Å². The molecule has 0 bridgehead atoms. The summed E-state index contributed by atoms with van der Waals surface area (Å²) in [7, 11) is 3.10. The van der Waals surface area contributed by atoms with Crippen LogP contribution >= 0.6 is 0 Å². The van der Waals surface area contributed by atoms with Gasteiger partial charge < -0.3 is 14.0 Å². The van der Waals surface area contributed by atoms with Crippen molar-refractivity contribution >= 4 is 12.1 Å². The second-order valence-electron chi connectivity index (χ2n) is 7.29. The molecule has 1 amide bonds. The number of ether oxygens (including phenoxy) is 2. The molecule has 0 saturated heterocycles. The number of benzene rings is 1. The number of aromatic nitrogens is 1. The molecule has 1 aliphatic carbocycles. The van der Waals surface area contributed by atoms with E-state index in [2.05, 4.69) is 35.0 Å². The number of methoxy groups -OCH3 is 2. The summed E-state index contributed by atoms with van der Waals surface area (Å²) in [5.41, 5.74) is 6.51. The first-order chi connectivity index (χ1) is 13.5. The van der Waals surface area contributed by atoms with Gasteiger partial charge in [0.15, 0.2) is 0 Å². The Morgan fingerprint density at radius 3 is 2.32 bits per heavy atom. The van der Waals surface area contributed by atoms with Gasteiger partial charge >= 0.3 is 0 Å². The number of carbonyl (C=O) groups excluding carboxylic acids is 1. The van der Waals surface area contributed by atoms with Crippen LogP contribution in [0.1, 0.15) is 65.5 Å². The quantitative estimate of drug-likeness (QED) is 0.594. The summed E-state index contributed by atoms with van der Waals surface area (Å²) >= 11 is 0. The molecule has 1 aliphatic rings. The van der Waals surface area contributed by atoms with Gasteiger partial charge in [-0.2, -0.15) is 5.10 Å². The average Bonchev–Trinajstić information content (AvgIpc) is 3.01. The van der Waals surface area contributed by atoms with Gasteiger partial charge in [-0.1, -0.05) is 19.3 Å². The maximum Gasteiger partial charge on any atom is 0.271 e. The van der Waals surface area contributed by atoms with Crippen molar-refractivity contribution in [3.05, 3.63) is 46.8 Å². The molecule has 1 aromatic heterocycles. The topological polar surface area (TPSA) is 64.8 Å². The molecule has 1 saturated carbocycles. The van der Waals surface area contributed by atoms with E-state index in [1.165, 1.54) is 43.5 Å². The summed E-state index contributed by atoms with van der Waals surface area (Å²) in [6.45, 7) is 4.26. The number of rotatable bonds is 6. The van der Waals surface area contributed by atoms with Gasteiger partial charge in [-0.25, -0.2) is 5.43 Å². The van der Waals surface area contributed by atoms with Gasteiger partial charge in [0.05, 0.1) is 20.4 Å². The number of carbonyl (C=O) groups is 1. The molecular weight excluding hydrogens is 354 g/mol. The molecule has 0 spiro atoms. The number of hydrazone groups is 1. The fourth-order valence-corrected chi connectivity index (χ4v) is 4.00. The Labute approximate surface area is 166 Å². The molecule has 0 radical (unpaired) electrons. The Morgan fingerprint density at radius 2 is 1.71 bits per heavy atom. The van der Waals surface area contributed by atoms with E-state index >= 15 is 0 Å². The monoisotopic (exact) mass is 383 g/mol. The van der Waals surface area contributed by atoms with Gasteiger partial charge in [0, 0.05) is 34.6 Å². The Kier molecular flexibility index (Phi) is 6.39. The van der Waals surface area contributed by atoms with Crippen LogP contribution in [-0.4, -0.2) is 30.9 Å². The highest BCUT2D eigenvalue weighted by molar-refractivity contribution is 5.95. The van der Waals surface area contributed by atoms with Crippen LogP contribution in [0.25, 0.3) is 0 Å². The maximum atomic E-state index is 12.4. The van der Waals surface area contributed by atoms with Gasteiger partial charge in [-0.3, -0.25) is 4.79 Å². The van der Waals surface area contributed by atoms with E-state index in [0.29, 0.717) is 23.1 Å². The minimum atomic E-state index is -0.311. The zero-order valence-electron chi connectivity index (χ0n) is 17.1. The number of amides is 1. The third-order valence-corrected chi connectivity index (χ3v) is 5.45. The lowest BCUT2D eigenvalue weighted by molar-refractivity contribution is 0.0954. The average molecular weight is 383 g/mol. The Balaban J connectivity index is 1.72. The predicted octanol–water partition coefficient (Wildman–Crippen LogP) is 4.39. The first-order valence-electron chi connectivity index (χ1n) is 9.78. The van der Waals surface area contributed by atoms with Crippen molar-refractivity contribution in [2.75, 3.05) is 14.2 Å². The van der Waals surface area contributed by atoms with Crippen LogP contribution in [0, 0.1) is 13.8 Å². The van der Waals surface area contributed by atoms with Crippen molar-refractivity contribution in [1.82, 2.24) is 9.99 Å². The smallest absolute Gasteiger partial charge is 0.271 e. The summed E-state index contributed by atoms with van der Waals surface area (Å²) in [5.74, 6) is 0.809. The summed E-state index contributed by atoms with van der Waals surface area (Å²) in [6.07, 6.45) is 8.13. The fraction of sp³-hybridized carbons (Fsp3) is 0.455. The van der Waals surface area contributed by atoms with Gasteiger partial charge in [0.1, 0.15) is 11.5 Å². The highest BCUT2D eigenvalue weighted by Gasteiger charge is 2.19. The third kappa shape index (κ3) is 4.38. The lowest BCUT2D eigenvalue weighted by Crippen LogP contribution is -2.18. The number of hydrogen-bond acceptors (Lipinski definition) is 4. The molecule has 0 unspecified atom stereocenters. The summed E-state index contributed by atoms with van der Waals surface area (Å²) in [4.78, 5) is 12.4. The molecule has 3 rings (SSSR count). The van der Waals surface area contributed by atoms with Crippen LogP contribution in [0.3, 0.4) is 0 Å². The second kappa shape index (κ2) is 8.95. The number of hydrogen-bond donors (Lipinski definition) is 1. The van der Waals surface area contributed by atoms with Gasteiger partial charge in [0.2, 0.25) is 0 Å². The van der Waals surface area contributed by atoms with E-state index in [1.807, 2.05) is 0 Å². The third-order valence-electron chi connectivity index (χ3n) is 5.45. The molecule has 6 nitrogen and oxygen atoms in total. The van der Waals surface area contributed by atoms with Crippen LogP contribution in [0.2, 0.25) is 0 Å². The number of nitrogens with one attached hydrogen (secondary N) is 1. The predicted molar refractivity (Wildman–Crippen MR) is 111 cm³/mol. The fourth-order valence-electron chi connectivity index (χ4n) is 4.00. The SMILES string of the molecule is COc1cc(OC)cc(C(=O)N/N=C\c2cc(C)n(C3CCCCC3)c2C)c1. The Bertz CT molecular complexity index is 842. The summed E-state index contributed by atoms with van der Waals surface area (Å²) in [5, 5.41) is 4.17. The van der Waals surface area contributed by atoms with E-state index < -0.39 is 0 Å². The summed E-state index contributed by atoms with van der Waals surface area (Å²) in [6, 6.07) is 7.74. The van der Waals surface area contributed by atoms with Crippen LogP contribution in [-0.2, 0) is 0 Å². The molecule has 0 aliphatic heterocycles. The van der Waals surface area contributed by atoms with Crippen molar-refractivity contribution in [3.63, 3.8) is 0 Å². The normalized spacial score (nSPS) is 15.0. The number of aryl methyl sites for hydroxylation is 1. The van der Waals surface area contributed by atoms with Gasteiger partial charge in [0.25, 0.3) is 5.91 Å². The zero-order valence-corrected chi connectivity index (χ0v) is 17.1. The van der Waals surface area contributed by atoms with E-state index in [9.17, 15) is 4.79 Å². The largest absolute Gasteiger partial charge is 0.497 e. The molecule has 28 heavy (non-hydrogen) atoms. The van der Waals surface area contributed by atoms with Crippen molar-refractivity contribution in [3.8, 4) is 11.5 Å². The molecule has 150 valence electrons. The molecular formula is C22H29N3O3. The molecule has 0 atom stereocenters. The number of nitrogens with zero attached hydrogens (tertiary/aromatic N) is 2. The van der Waals surface area contributed by atoms with Crippen molar-refractivity contribution < 1.29 is 14.3 Å². The summed E-state index contributed by atoms with van der Waals surface area (Å²) < 4.78 is 12.8. The van der Waals surface area contributed by atoms with Crippen LogP contribution in [0.4, 0.5) is 0 Å². The molecule has 1 fully saturated rings.